The van der Waals surface area contributed by atoms with Crippen molar-refractivity contribution in [2.45, 2.75) is 6.54 Å². The van der Waals surface area contributed by atoms with E-state index in [-0.39, 0.29) is 6.54 Å². The molecule has 0 spiro atoms. The Labute approximate surface area is 96.0 Å². The van der Waals surface area contributed by atoms with E-state index in [2.05, 4.69) is 4.98 Å². The van der Waals surface area contributed by atoms with Gasteiger partial charge in [-0.2, -0.15) is 4.98 Å². The average molecular weight is 247 g/mol. The van der Waals surface area contributed by atoms with E-state index >= 15 is 0 Å². The second-order valence-corrected chi connectivity index (χ2v) is 3.86. The second-order valence-electron chi connectivity index (χ2n) is 3.86. The minimum atomic E-state index is -1.31. The number of nitrogens with zero attached hydrogens (tertiary/aromatic N) is 2. The molecule has 0 aromatic carbocycles. The Kier molecular flexibility index (Phi) is 4.16. The zero-order valence-electron chi connectivity index (χ0n) is 9.01. The van der Waals surface area contributed by atoms with Gasteiger partial charge in [0.15, 0.2) is 11.6 Å². The van der Waals surface area contributed by atoms with E-state index in [0.29, 0.717) is 0 Å². The molecule has 0 saturated carbocycles. The van der Waals surface area contributed by atoms with Crippen LogP contribution in [0.2, 0.25) is 0 Å². The van der Waals surface area contributed by atoms with Crippen LogP contribution in [0.5, 0.6) is 0 Å². The van der Waals surface area contributed by atoms with Crippen LogP contribution in [-0.4, -0.2) is 44.7 Å². The van der Waals surface area contributed by atoms with Gasteiger partial charge in [-0.3, -0.25) is 4.57 Å². The highest BCUT2D eigenvalue weighted by atomic mass is 19.1. The molecule has 1 aromatic rings. The molecular weight excluding hydrogens is 233 g/mol. The molecule has 0 amide bonds. The molecule has 1 rings (SSSR count). The lowest BCUT2D eigenvalue weighted by Gasteiger charge is -2.27. The molecule has 0 atom stereocenters. The molecule has 0 bridgehead atoms. The standard InChI is InChI=1S/C9H14FN3O4/c10-6-1-13(8(17)12-7(6)11)2-9(3-14,4-15)5-16/h1,14-16H,2-5H2,(H2,11,12,17). The van der Waals surface area contributed by atoms with Crippen LogP contribution in [0.3, 0.4) is 0 Å². The largest absolute Gasteiger partial charge is 0.396 e. The number of hydrogen-bond acceptors (Lipinski definition) is 6. The van der Waals surface area contributed by atoms with Crippen LogP contribution in [0.1, 0.15) is 0 Å². The van der Waals surface area contributed by atoms with Crippen LogP contribution in [0.4, 0.5) is 10.2 Å². The first kappa shape index (κ1) is 13.6. The fraction of sp³-hybridized carbons (Fsp3) is 0.556. The maximum absolute atomic E-state index is 13.1. The van der Waals surface area contributed by atoms with E-state index in [4.69, 9.17) is 21.1 Å². The van der Waals surface area contributed by atoms with E-state index in [1.165, 1.54) is 0 Å². The monoisotopic (exact) mass is 247 g/mol. The molecule has 0 saturated heterocycles. The van der Waals surface area contributed by atoms with E-state index in [9.17, 15) is 9.18 Å². The van der Waals surface area contributed by atoms with Crippen LogP contribution in [0, 0.1) is 11.2 Å². The number of aliphatic hydroxyl groups excluding tert-OH is 3. The SMILES string of the molecule is Nc1nc(=O)n(CC(CO)(CO)CO)cc1F. The predicted molar refractivity (Wildman–Crippen MR) is 56.6 cm³/mol. The molecule has 0 aliphatic rings. The Morgan fingerprint density at radius 1 is 1.35 bits per heavy atom. The minimum Gasteiger partial charge on any atom is -0.396 e. The van der Waals surface area contributed by atoms with E-state index in [1.54, 1.807) is 0 Å². The summed E-state index contributed by atoms with van der Waals surface area (Å²) in [7, 11) is 0. The molecule has 0 aliphatic heterocycles. The molecule has 8 heteroatoms. The van der Waals surface area contributed by atoms with Crippen LogP contribution in [0.15, 0.2) is 11.0 Å². The van der Waals surface area contributed by atoms with Gasteiger partial charge in [-0.05, 0) is 0 Å². The Hall–Kier alpha value is -1.51. The molecule has 96 valence electrons. The van der Waals surface area contributed by atoms with Crippen LogP contribution in [0.25, 0.3) is 0 Å². The van der Waals surface area contributed by atoms with E-state index < -0.39 is 42.6 Å². The Morgan fingerprint density at radius 3 is 2.35 bits per heavy atom. The normalized spacial score (nSPS) is 11.8. The number of hydrogen-bond donors (Lipinski definition) is 4. The highest BCUT2D eigenvalue weighted by molar-refractivity contribution is 5.26. The summed E-state index contributed by atoms with van der Waals surface area (Å²) in [6.45, 7) is -1.94. The summed E-state index contributed by atoms with van der Waals surface area (Å²) in [6.07, 6.45) is 0.820. The van der Waals surface area contributed by atoms with Gasteiger partial charge in [0, 0.05) is 12.7 Å². The van der Waals surface area contributed by atoms with Crippen LogP contribution >= 0.6 is 0 Å². The molecule has 0 aliphatic carbocycles. The third kappa shape index (κ3) is 2.78. The van der Waals surface area contributed by atoms with Gasteiger partial charge in [-0.15, -0.1) is 0 Å². The predicted octanol–water partition coefficient (Wildman–Crippen LogP) is -2.07. The number of aliphatic hydroxyl groups is 3. The quantitative estimate of drug-likeness (QED) is 0.474. The van der Waals surface area contributed by atoms with Gasteiger partial charge in [0.25, 0.3) is 0 Å². The van der Waals surface area contributed by atoms with Gasteiger partial charge in [0.05, 0.1) is 25.2 Å². The van der Waals surface area contributed by atoms with Crippen molar-refractivity contribution in [3.8, 4) is 0 Å². The topological polar surface area (TPSA) is 122 Å². The minimum absolute atomic E-state index is 0.264. The molecule has 1 aromatic heterocycles. The lowest BCUT2D eigenvalue weighted by atomic mass is 9.91. The van der Waals surface area contributed by atoms with Gasteiger partial charge in [-0.1, -0.05) is 0 Å². The van der Waals surface area contributed by atoms with Crippen LogP contribution < -0.4 is 11.4 Å². The third-order valence-corrected chi connectivity index (χ3v) is 2.49. The Morgan fingerprint density at radius 2 is 1.88 bits per heavy atom. The number of anilines is 1. The van der Waals surface area contributed by atoms with Crippen molar-refractivity contribution in [1.82, 2.24) is 9.55 Å². The van der Waals surface area contributed by atoms with Crippen LogP contribution in [-0.2, 0) is 6.54 Å². The number of nitrogen functional groups attached to an aromatic ring is 1. The van der Waals surface area contributed by atoms with Crippen molar-refractivity contribution in [1.29, 1.82) is 0 Å². The first-order valence-electron chi connectivity index (χ1n) is 4.83. The summed E-state index contributed by atoms with van der Waals surface area (Å²) in [5.41, 5.74) is 2.98. The summed E-state index contributed by atoms with van der Waals surface area (Å²) in [5, 5.41) is 27.2. The highest BCUT2D eigenvalue weighted by Crippen LogP contribution is 2.17. The van der Waals surface area contributed by atoms with Gasteiger partial charge < -0.3 is 21.1 Å². The molecule has 0 unspecified atom stereocenters. The van der Waals surface area contributed by atoms with Crippen molar-refractivity contribution in [3.05, 3.63) is 22.5 Å². The van der Waals surface area contributed by atoms with Gasteiger partial charge in [0.2, 0.25) is 0 Å². The van der Waals surface area contributed by atoms with Gasteiger partial charge in [0.1, 0.15) is 0 Å². The first-order chi connectivity index (χ1) is 7.98. The maximum atomic E-state index is 13.1. The van der Waals surface area contributed by atoms with E-state index in [1.807, 2.05) is 0 Å². The average Bonchev–Trinajstić information content (AvgIpc) is 2.33. The van der Waals surface area contributed by atoms with Crippen molar-refractivity contribution < 1.29 is 19.7 Å². The molecule has 0 fully saturated rings. The fourth-order valence-corrected chi connectivity index (χ4v) is 1.25. The third-order valence-electron chi connectivity index (χ3n) is 2.49. The van der Waals surface area contributed by atoms with Gasteiger partial charge >= 0.3 is 5.69 Å². The summed E-state index contributed by atoms with van der Waals surface area (Å²) in [6, 6.07) is 0. The molecular formula is C9H14FN3O4. The molecule has 5 N–H and O–H groups in total. The molecule has 7 nitrogen and oxygen atoms in total. The van der Waals surface area contributed by atoms with Crippen molar-refractivity contribution in [3.63, 3.8) is 0 Å². The lowest BCUT2D eigenvalue weighted by Crippen LogP contribution is -2.41. The molecule has 0 radical (unpaired) electrons. The van der Waals surface area contributed by atoms with Gasteiger partial charge in [-0.25, -0.2) is 9.18 Å². The number of nitrogens with two attached hydrogens (primary N) is 1. The van der Waals surface area contributed by atoms with Crippen molar-refractivity contribution in [2.75, 3.05) is 25.6 Å². The summed E-state index contributed by atoms with van der Waals surface area (Å²) in [4.78, 5) is 14.6. The van der Waals surface area contributed by atoms with Crippen molar-refractivity contribution in [2.24, 2.45) is 5.41 Å². The molecule has 17 heavy (non-hydrogen) atoms. The zero-order chi connectivity index (χ0) is 13.1. The maximum Gasteiger partial charge on any atom is 0.349 e. The van der Waals surface area contributed by atoms with E-state index in [0.717, 1.165) is 10.8 Å². The zero-order valence-corrected chi connectivity index (χ0v) is 9.01. The highest BCUT2D eigenvalue weighted by Gasteiger charge is 2.29. The smallest absolute Gasteiger partial charge is 0.349 e. The second kappa shape index (κ2) is 5.21. The first-order valence-corrected chi connectivity index (χ1v) is 4.83. The number of aromatic nitrogens is 2. The molecule has 1 heterocycles. The Balaban J connectivity index is 3.10. The summed E-state index contributed by atoms with van der Waals surface area (Å²) in [5.74, 6) is -1.40. The number of halogens is 1. The summed E-state index contributed by atoms with van der Waals surface area (Å²) < 4.78 is 14.0. The fourth-order valence-electron chi connectivity index (χ4n) is 1.25. The lowest BCUT2D eigenvalue weighted by molar-refractivity contribution is -0.00787. The number of rotatable bonds is 5. The summed E-state index contributed by atoms with van der Waals surface area (Å²) >= 11 is 0. The Bertz CT molecular complexity index is 436. The van der Waals surface area contributed by atoms with Crippen molar-refractivity contribution >= 4 is 5.82 Å².